The van der Waals surface area contributed by atoms with E-state index in [1.807, 2.05) is 69.3 Å². The lowest BCUT2D eigenvalue weighted by molar-refractivity contribution is 0.528. The van der Waals surface area contributed by atoms with Crippen LogP contribution >= 0.6 is 0 Å². The summed E-state index contributed by atoms with van der Waals surface area (Å²) in [6, 6.07) is 16.9. The van der Waals surface area contributed by atoms with Crippen LogP contribution in [-0.4, -0.2) is 15.8 Å². The summed E-state index contributed by atoms with van der Waals surface area (Å²) < 4.78 is 7.04. The molecule has 0 aliphatic rings. The molecule has 0 bridgehead atoms. The van der Waals surface area contributed by atoms with Crippen LogP contribution in [0.5, 0.6) is 0 Å². The molecular weight excluding hydrogens is 352 g/mol. The van der Waals surface area contributed by atoms with Crippen molar-refractivity contribution < 1.29 is 4.42 Å². The Bertz CT molecular complexity index is 1250. The van der Waals surface area contributed by atoms with Gasteiger partial charge in [-0.2, -0.15) is 5.10 Å². The highest BCUT2D eigenvalue weighted by Gasteiger charge is 2.14. The standard InChI is InChI=1S/C22H20N4O2/c1-14-8-11-20(15(2)12-14)26-21(27)18-6-4-5-7-19(18)24-22(26)25-23-13-17-10-9-16(3)28-17/h4-13H,1-3H3,(H,24,25)/b23-13-. The van der Waals surface area contributed by atoms with Gasteiger partial charge in [-0.3, -0.25) is 4.79 Å². The van der Waals surface area contributed by atoms with Crippen molar-refractivity contribution in [1.29, 1.82) is 0 Å². The number of hydrazone groups is 1. The van der Waals surface area contributed by atoms with Gasteiger partial charge in [0.1, 0.15) is 11.5 Å². The van der Waals surface area contributed by atoms with Crippen molar-refractivity contribution in [3.63, 3.8) is 0 Å². The first-order valence-electron chi connectivity index (χ1n) is 8.98. The molecule has 0 saturated heterocycles. The van der Waals surface area contributed by atoms with E-state index < -0.39 is 0 Å². The van der Waals surface area contributed by atoms with Crippen molar-refractivity contribution in [2.45, 2.75) is 20.8 Å². The number of nitrogens with one attached hydrogen (secondary N) is 1. The number of hydrogen-bond donors (Lipinski definition) is 1. The van der Waals surface area contributed by atoms with Crippen LogP contribution in [0.25, 0.3) is 16.6 Å². The smallest absolute Gasteiger partial charge is 0.267 e. The fraction of sp³-hybridized carbons (Fsp3) is 0.136. The lowest BCUT2D eigenvalue weighted by Gasteiger charge is -2.15. The van der Waals surface area contributed by atoms with Gasteiger partial charge in [0.05, 0.1) is 22.8 Å². The van der Waals surface area contributed by atoms with E-state index in [9.17, 15) is 4.79 Å². The number of aryl methyl sites for hydroxylation is 3. The second kappa shape index (κ2) is 7.15. The fourth-order valence-corrected chi connectivity index (χ4v) is 3.16. The number of anilines is 1. The van der Waals surface area contributed by atoms with E-state index in [1.54, 1.807) is 16.8 Å². The lowest BCUT2D eigenvalue weighted by Crippen LogP contribution is -2.23. The zero-order valence-electron chi connectivity index (χ0n) is 15.9. The first-order valence-corrected chi connectivity index (χ1v) is 8.98. The van der Waals surface area contributed by atoms with E-state index in [0.29, 0.717) is 22.6 Å². The summed E-state index contributed by atoms with van der Waals surface area (Å²) in [5.41, 5.74) is 6.24. The Kier molecular flexibility index (Phi) is 4.53. The largest absolute Gasteiger partial charge is 0.460 e. The Balaban J connectivity index is 1.86. The Hall–Kier alpha value is -3.67. The molecule has 28 heavy (non-hydrogen) atoms. The Morgan fingerprint density at radius 3 is 2.64 bits per heavy atom. The fourth-order valence-electron chi connectivity index (χ4n) is 3.16. The Labute approximate surface area is 162 Å². The van der Waals surface area contributed by atoms with Gasteiger partial charge >= 0.3 is 0 Å². The molecule has 4 rings (SSSR count). The molecular formula is C22H20N4O2. The zero-order valence-corrected chi connectivity index (χ0v) is 15.9. The minimum atomic E-state index is -0.149. The summed E-state index contributed by atoms with van der Waals surface area (Å²) >= 11 is 0. The molecule has 0 aliphatic heterocycles. The van der Waals surface area contributed by atoms with Gasteiger partial charge in [0, 0.05) is 0 Å². The molecule has 0 fully saturated rings. The maximum atomic E-state index is 13.2. The van der Waals surface area contributed by atoms with E-state index in [1.165, 1.54) is 0 Å². The highest BCUT2D eigenvalue weighted by molar-refractivity contribution is 5.80. The molecule has 2 aromatic carbocycles. The van der Waals surface area contributed by atoms with E-state index >= 15 is 0 Å². The van der Waals surface area contributed by atoms with E-state index in [2.05, 4.69) is 15.5 Å². The maximum absolute atomic E-state index is 13.2. The number of nitrogens with zero attached hydrogens (tertiary/aromatic N) is 3. The molecule has 4 aromatic rings. The summed E-state index contributed by atoms with van der Waals surface area (Å²) in [6.07, 6.45) is 1.56. The van der Waals surface area contributed by atoms with E-state index in [-0.39, 0.29) is 5.56 Å². The molecule has 0 amide bonds. The lowest BCUT2D eigenvalue weighted by atomic mass is 10.1. The van der Waals surface area contributed by atoms with Gasteiger partial charge < -0.3 is 4.42 Å². The van der Waals surface area contributed by atoms with Gasteiger partial charge in [0.2, 0.25) is 5.95 Å². The van der Waals surface area contributed by atoms with Gasteiger partial charge in [-0.1, -0.05) is 29.8 Å². The van der Waals surface area contributed by atoms with Crippen molar-refractivity contribution in [2.75, 3.05) is 5.43 Å². The molecule has 0 aliphatic carbocycles. The topological polar surface area (TPSA) is 72.4 Å². The quantitative estimate of drug-likeness (QED) is 0.427. The van der Waals surface area contributed by atoms with Crippen molar-refractivity contribution in [2.24, 2.45) is 5.10 Å². The predicted octanol–water partition coefficient (Wildman–Crippen LogP) is 4.35. The second-order valence-corrected chi connectivity index (χ2v) is 6.70. The Morgan fingerprint density at radius 2 is 1.89 bits per heavy atom. The van der Waals surface area contributed by atoms with E-state index in [4.69, 9.17) is 4.42 Å². The van der Waals surface area contributed by atoms with Gasteiger partial charge in [-0.05, 0) is 56.7 Å². The average Bonchev–Trinajstić information content (AvgIpc) is 3.08. The van der Waals surface area contributed by atoms with Crippen LogP contribution in [0.15, 0.2) is 68.9 Å². The molecule has 6 heteroatoms. The van der Waals surface area contributed by atoms with Crippen molar-refractivity contribution in [3.8, 4) is 5.69 Å². The normalized spacial score (nSPS) is 11.4. The van der Waals surface area contributed by atoms with Gasteiger partial charge in [-0.25, -0.2) is 15.0 Å². The van der Waals surface area contributed by atoms with Crippen LogP contribution in [0.1, 0.15) is 22.6 Å². The summed E-state index contributed by atoms with van der Waals surface area (Å²) in [7, 11) is 0. The number of aromatic nitrogens is 2. The molecule has 140 valence electrons. The SMILES string of the molecule is Cc1ccc(-n2c(N/N=C\c3ccc(C)o3)nc3ccccc3c2=O)c(C)c1. The second-order valence-electron chi connectivity index (χ2n) is 6.70. The maximum Gasteiger partial charge on any atom is 0.267 e. The molecule has 0 radical (unpaired) electrons. The zero-order chi connectivity index (χ0) is 19.7. The highest BCUT2D eigenvalue weighted by Crippen LogP contribution is 2.20. The third kappa shape index (κ3) is 3.32. The number of para-hydroxylation sites is 1. The minimum Gasteiger partial charge on any atom is -0.460 e. The predicted molar refractivity (Wildman–Crippen MR) is 111 cm³/mol. The van der Waals surface area contributed by atoms with Crippen LogP contribution in [0, 0.1) is 20.8 Å². The average molecular weight is 372 g/mol. The minimum absolute atomic E-state index is 0.149. The van der Waals surface area contributed by atoms with Crippen LogP contribution in [0.4, 0.5) is 5.95 Å². The molecule has 1 N–H and O–H groups in total. The Morgan fingerprint density at radius 1 is 1.07 bits per heavy atom. The van der Waals surface area contributed by atoms with Crippen LogP contribution in [0.2, 0.25) is 0 Å². The number of benzene rings is 2. The third-order valence-corrected chi connectivity index (χ3v) is 4.49. The molecule has 0 spiro atoms. The summed E-state index contributed by atoms with van der Waals surface area (Å²) in [4.78, 5) is 17.9. The molecule has 0 saturated carbocycles. The summed E-state index contributed by atoms with van der Waals surface area (Å²) in [5.74, 6) is 1.76. The van der Waals surface area contributed by atoms with Gasteiger partial charge in [-0.15, -0.1) is 0 Å². The molecule has 6 nitrogen and oxygen atoms in total. The number of rotatable bonds is 4. The summed E-state index contributed by atoms with van der Waals surface area (Å²) in [6.45, 7) is 5.86. The molecule has 2 aromatic heterocycles. The van der Waals surface area contributed by atoms with E-state index in [0.717, 1.165) is 22.6 Å². The molecule has 0 unspecified atom stereocenters. The third-order valence-electron chi connectivity index (χ3n) is 4.49. The van der Waals surface area contributed by atoms with Crippen LogP contribution < -0.4 is 11.0 Å². The van der Waals surface area contributed by atoms with Crippen LogP contribution in [0.3, 0.4) is 0 Å². The monoisotopic (exact) mass is 372 g/mol. The highest BCUT2D eigenvalue weighted by atomic mass is 16.3. The molecule has 2 heterocycles. The summed E-state index contributed by atoms with van der Waals surface area (Å²) in [5, 5.41) is 4.77. The van der Waals surface area contributed by atoms with Crippen molar-refractivity contribution in [3.05, 3.63) is 87.6 Å². The van der Waals surface area contributed by atoms with Gasteiger partial charge in [0.25, 0.3) is 5.56 Å². The van der Waals surface area contributed by atoms with Crippen molar-refractivity contribution >= 4 is 23.1 Å². The first kappa shape index (κ1) is 17.7. The van der Waals surface area contributed by atoms with Crippen molar-refractivity contribution in [1.82, 2.24) is 9.55 Å². The number of furan rings is 1. The first-order chi connectivity index (χ1) is 13.5. The van der Waals surface area contributed by atoms with Crippen LogP contribution in [-0.2, 0) is 0 Å². The number of fused-ring (bicyclic) bond motifs is 1. The van der Waals surface area contributed by atoms with Gasteiger partial charge in [0.15, 0.2) is 0 Å². The molecule has 0 atom stereocenters. The number of hydrogen-bond acceptors (Lipinski definition) is 5.